The number of nitrogens with zero attached hydrogens (tertiary/aromatic N) is 3. The molecule has 2 heterocycles. The van der Waals surface area contributed by atoms with E-state index in [0.29, 0.717) is 6.54 Å². The van der Waals surface area contributed by atoms with Gasteiger partial charge in [0.25, 0.3) is 11.6 Å². The molecule has 0 saturated heterocycles. The maximum Gasteiger partial charge on any atom is 0.270 e. The van der Waals surface area contributed by atoms with E-state index in [0.717, 1.165) is 23.6 Å². The quantitative estimate of drug-likeness (QED) is 0.323. The van der Waals surface area contributed by atoms with Gasteiger partial charge in [-0.15, -0.1) is 11.3 Å². The van der Waals surface area contributed by atoms with Crippen molar-refractivity contribution in [2.45, 2.75) is 38.8 Å². The van der Waals surface area contributed by atoms with Gasteiger partial charge in [-0.05, 0) is 55.8 Å². The van der Waals surface area contributed by atoms with Crippen LogP contribution in [0.25, 0.3) is 0 Å². The van der Waals surface area contributed by atoms with Crippen LogP contribution in [0.1, 0.15) is 53.2 Å². The molecule has 0 bridgehead atoms. The number of non-ortho nitro benzene ring substituents is 1. The Balaban J connectivity index is 1.65. The number of hydrogen-bond donors (Lipinski definition) is 0. The van der Waals surface area contributed by atoms with E-state index in [2.05, 4.69) is 11.4 Å². The number of carbonyl (C=O) groups excluding carboxylic acids is 2. The minimum Gasteiger partial charge on any atom is -0.330 e. The largest absolute Gasteiger partial charge is 0.330 e. The van der Waals surface area contributed by atoms with Crippen LogP contribution < -0.4 is 0 Å². The molecule has 0 aliphatic carbocycles. The lowest BCUT2D eigenvalue weighted by molar-refractivity contribution is -0.384. The Hall–Kier alpha value is -3.23. The summed E-state index contributed by atoms with van der Waals surface area (Å²) in [5.74, 6) is -0.618. The van der Waals surface area contributed by atoms with Gasteiger partial charge in [-0.1, -0.05) is 41.9 Å². The van der Waals surface area contributed by atoms with Crippen LogP contribution in [0, 0.1) is 10.1 Å². The zero-order valence-electron chi connectivity index (χ0n) is 19.7. The lowest BCUT2D eigenvalue weighted by atomic mass is 9.93. The number of fused-ring (bicyclic) bond motifs is 1. The molecule has 1 atom stereocenters. The third-order valence-corrected chi connectivity index (χ3v) is 7.45. The molecule has 1 aliphatic rings. The molecule has 0 saturated carbocycles. The summed E-state index contributed by atoms with van der Waals surface area (Å²) in [5, 5.41) is 13.1. The SMILES string of the molecule is CC(C)(C)N(CC(=O)N1CCc2sccc2C1c1ccccc1)C(=O)c1ccc([N+](=O)[O-])cc1Cl. The number of benzene rings is 2. The highest BCUT2D eigenvalue weighted by Crippen LogP contribution is 2.38. The Labute approximate surface area is 213 Å². The van der Waals surface area contributed by atoms with Crippen LogP contribution in [0.3, 0.4) is 0 Å². The van der Waals surface area contributed by atoms with Gasteiger partial charge in [-0.2, -0.15) is 0 Å². The van der Waals surface area contributed by atoms with Gasteiger partial charge in [0.2, 0.25) is 5.91 Å². The van der Waals surface area contributed by atoms with Crippen molar-refractivity contribution < 1.29 is 14.5 Å². The molecule has 1 aromatic heterocycles. The van der Waals surface area contributed by atoms with Crippen LogP contribution in [-0.4, -0.2) is 45.2 Å². The van der Waals surface area contributed by atoms with Crippen molar-refractivity contribution in [3.8, 4) is 0 Å². The highest BCUT2D eigenvalue weighted by Gasteiger charge is 2.37. The third kappa shape index (κ3) is 5.09. The average molecular weight is 512 g/mol. The van der Waals surface area contributed by atoms with Crippen molar-refractivity contribution in [3.63, 3.8) is 0 Å². The molecule has 4 rings (SSSR count). The van der Waals surface area contributed by atoms with E-state index in [-0.39, 0.29) is 34.8 Å². The third-order valence-electron chi connectivity index (χ3n) is 6.14. The Morgan fingerprint density at radius 3 is 2.51 bits per heavy atom. The van der Waals surface area contributed by atoms with Crippen LogP contribution >= 0.6 is 22.9 Å². The molecule has 1 aliphatic heterocycles. The van der Waals surface area contributed by atoms with Crippen LogP contribution in [0.4, 0.5) is 5.69 Å². The summed E-state index contributed by atoms with van der Waals surface area (Å²) in [6.07, 6.45) is 0.764. The standard InChI is InChI=1S/C26H26ClN3O4S/c1-26(2,3)29(25(32)19-10-9-18(30(33)34)15-21(19)27)16-23(31)28-13-11-22-20(12-14-35-22)24(28)17-7-5-4-6-8-17/h4-10,12,14-15,24H,11,13,16H2,1-3H3. The molecule has 35 heavy (non-hydrogen) atoms. The summed E-state index contributed by atoms with van der Waals surface area (Å²) in [6.45, 7) is 5.95. The van der Waals surface area contributed by atoms with E-state index < -0.39 is 16.4 Å². The monoisotopic (exact) mass is 511 g/mol. The molecule has 7 nitrogen and oxygen atoms in total. The first-order chi connectivity index (χ1) is 16.6. The molecule has 0 fully saturated rings. The predicted molar refractivity (Wildman–Crippen MR) is 137 cm³/mol. The van der Waals surface area contributed by atoms with Gasteiger partial charge < -0.3 is 9.80 Å². The number of nitro groups is 1. The van der Waals surface area contributed by atoms with Gasteiger partial charge >= 0.3 is 0 Å². The van der Waals surface area contributed by atoms with Crippen LogP contribution in [0.15, 0.2) is 60.0 Å². The number of nitro benzene ring substituents is 1. The number of hydrogen-bond acceptors (Lipinski definition) is 5. The Morgan fingerprint density at radius 1 is 1.17 bits per heavy atom. The van der Waals surface area contributed by atoms with Crippen molar-refractivity contribution in [2.24, 2.45) is 0 Å². The van der Waals surface area contributed by atoms with Crippen molar-refractivity contribution in [1.82, 2.24) is 9.80 Å². The summed E-state index contributed by atoms with van der Waals surface area (Å²) in [7, 11) is 0. The van der Waals surface area contributed by atoms with E-state index in [4.69, 9.17) is 11.6 Å². The Bertz CT molecular complexity index is 1270. The van der Waals surface area contributed by atoms with Gasteiger partial charge in [0.1, 0.15) is 6.54 Å². The topological polar surface area (TPSA) is 83.8 Å². The summed E-state index contributed by atoms with van der Waals surface area (Å²) in [6, 6.07) is 15.5. The molecule has 9 heteroatoms. The summed E-state index contributed by atoms with van der Waals surface area (Å²) in [5.41, 5.74) is 1.37. The first-order valence-electron chi connectivity index (χ1n) is 11.2. The van der Waals surface area contributed by atoms with Crippen molar-refractivity contribution in [3.05, 3.63) is 96.7 Å². The molecule has 0 spiro atoms. The minimum atomic E-state index is -0.691. The highest BCUT2D eigenvalue weighted by atomic mass is 35.5. The predicted octanol–water partition coefficient (Wildman–Crippen LogP) is 5.72. The van der Waals surface area contributed by atoms with E-state index in [1.54, 1.807) is 11.3 Å². The fourth-order valence-electron chi connectivity index (χ4n) is 4.36. The van der Waals surface area contributed by atoms with E-state index in [1.807, 2.05) is 56.0 Å². The van der Waals surface area contributed by atoms with Crippen LogP contribution in [0.5, 0.6) is 0 Å². The zero-order valence-corrected chi connectivity index (χ0v) is 21.3. The molecule has 0 radical (unpaired) electrons. The number of carbonyl (C=O) groups is 2. The second kappa shape index (κ2) is 9.79. The van der Waals surface area contributed by atoms with Gasteiger partial charge in [0.05, 0.1) is 21.6 Å². The first kappa shape index (κ1) is 24.9. The number of halogens is 1. The fourth-order valence-corrected chi connectivity index (χ4v) is 5.52. The second-order valence-electron chi connectivity index (χ2n) is 9.43. The molecule has 3 aromatic rings. The molecular weight excluding hydrogens is 486 g/mol. The lowest BCUT2D eigenvalue weighted by Gasteiger charge is -2.40. The summed E-state index contributed by atoms with van der Waals surface area (Å²) < 4.78 is 0. The Kier molecular flexibility index (Phi) is 6.96. The molecule has 0 N–H and O–H groups in total. The molecule has 182 valence electrons. The van der Waals surface area contributed by atoms with Crippen molar-refractivity contribution in [1.29, 1.82) is 0 Å². The molecule has 1 unspecified atom stereocenters. The number of thiophene rings is 1. The maximum absolute atomic E-state index is 13.7. The molecule has 2 amide bonds. The van der Waals surface area contributed by atoms with Gasteiger partial charge in [0.15, 0.2) is 0 Å². The van der Waals surface area contributed by atoms with E-state index in [1.165, 1.54) is 21.9 Å². The molecule has 2 aromatic carbocycles. The zero-order chi connectivity index (χ0) is 25.3. The summed E-state index contributed by atoms with van der Waals surface area (Å²) >= 11 is 7.95. The number of amides is 2. The van der Waals surface area contributed by atoms with Gasteiger partial charge in [0, 0.05) is 29.1 Å². The first-order valence-corrected chi connectivity index (χ1v) is 12.5. The molecular formula is C26H26ClN3O4S. The van der Waals surface area contributed by atoms with Crippen molar-refractivity contribution >= 4 is 40.4 Å². The second-order valence-corrected chi connectivity index (χ2v) is 10.8. The van der Waals surface area contributed by atoms with E-state index in [9.17, 15) is 19.7 Å². The minimum absolute atomic E-state index is 0.0195. The lowest BCUT2D eigenvalue weighted by Crippen LogP contribution is -2.52. The Morgan fingerprint density at radius 2 is 1.89 bits per heavy atom. The highest BCUT2D eigenvalue weighted by molar-refractivity contribution is 7.10. The smallest absolute Gasteiger partial charge is 0.270 e. The number of rotatable bonds is 5. The van der Waals surface area contributed by atoms with Crippen LogP contribution in [-0.2, 0) is 11.2 Å². The summed E-state index contributed by atoms with van der Waals surface area (Å²) in [4.78, 5) is 42.4. The normalized spacial score (nSPS) is 15.4. The van der Waals surface area contributed by atoms with E-state index >= 15 is 0 Å². The fraction of sp³-hybridized carbons (Fsp3) is 0.308. The van der Waals surface area contributed by atoms with Gasteiger partial charge in [-0.25, -0.2) is 0 Å². The maximum atomic E-state index is 13.7. The average Bonchev–Trinajstić information content (AvgIpc) is 3.30. The van der Waals surface area contributed by atoms with Gasteiger partial charge in [-0.3, -0.25) is 19.7 Å². The van der Waals surface area contributed by atoms with Crippen LogP contribution in [0.2, 0.25) is 5.02 Å². The van der Waals surface area contributed by atoms with Crippen molar-refractivity contribution in [2.75, 3.05) is 13.1 Å².